The van der Waals surface area contributed by atoms with Crippen LogP contribution in [0.2, 0.25) is 0 Å². The van der Waals surface area contributed by atoms with E-state index in [9.17, 15) is 27.9 Å². The highest BCUT2D eigenvalue weighted by molar-refractivity contribution is 8.15. The lowest BCUT2D eigenvalue weighted by Gasteiger charge is -2.23. The molecule has 0 bridgehead atoms. The Morgan fingerprint density at radius 3 is 2.45 bits per heavy atom. The second kappa shape index (κ2) is 10.3. The van der Waals surface area contributed by atoms with Gasteiger partial charge in [0.15, 0.2) is 5.17 Å². The normalized spacial score (nSPS) is 19.3. The van der Waals surface area contributed by atoms with E-state index in [1.165, 1.54) is 12.1 Å². The average molecular weight is 539 g/mol. The molecule has 2 amide bonds. The number of nitrogens with one attached hydrogen (secondary N) is 1. The average Bonchev–Trinajstić information content (AvgIpc) is 3.48. The zero-order chi connectivity index (χ0) is 26.9. The van der Waals surface area contributed by atoms with E-state index < -0.39 is 34.8 Å². The van der Waals surface area contributed by atoms with Crippen molar-refractivity contribution < 1.29 is 27.9 Å². The SMILES string of the molecule is O=C(CC1SC(N2N=C(c3ccccc3)CC2c2ccccc2O)=NC1=O)Nc1ccccc1C(F)(F)F. The summed E-state index contributed by atoms with van der Waals surface area (Å²) in [6.07, 6.45) is -4.57. The molecule has 2 unspecified atom stereocenters. The van der Waals surface area contributed by atoms with Crippen molar-refractivity contribution in [3.05, 3.63) is 95.6 Å². The molecule has 0 spiro atoms. The lowest BCUT2D eigenvalue weighted by molar-refractivity contribution is -0.137. The minimum Gasteiger partial charge on any atom is -0.508 e. The number of aromatic hydroxyl groups is 1. The third-order valence-corrected chi connectivity index (χ3v) is 7.26. The molecule has 38 heavy (non-hydrogen) atoms. The summed E-state index contributed by atoms with van der Waals surface area (Å²) in [5.74, 6) is -1.25. The molecule has 0 aromatic heterocycles. The maximum absolute atomic E-state index is 13.3. The van der Waals surface area contributed by atoms with Crippen LogP contribution in [0.4, 0.5) is 18.9 Å². The van der Waals surface area contributed by atoms with E-state index in [1.54, 1.807) is 29.3 Å². The first-order valence-electron chi connectivity index (χ1n) is 11.7. The summed E-state index contributed by atoms with van der Waals surface area (Å²) in [7, 11) is 0. The molecule has 3 aromatic rings. The van der Waals surface area contributed by atoms with Crippen LogP contribution >= 0.6 is 11.8 Å². The number of nitrogens with zero attached hydrogens (tertiary/aromatic N) is 3. The summed E-state index contributed by atoms with van der Waals surface area (Å²) in [5.41, 5.74) is 0.867. The number of hydrogen-bond donors (Lipinski definition) is 2. The van der Waals surface area contributed by atoms with E-state index >= 15 is 0 Å². The van der Waals surface area contributed by atoms with Gasteiger partial charge < -0.3 is 10.4 Å². The van der Waals surface area contributed by atoms with Crippen molar-refractivity contribution in [3.63, 3.8) is 0 Å². The first kappa shape index (κ1) is 25.5. The first-order valence-corrected chi connectivity index (χ1v) is 12.5. The highest BCUT2D eigenvalue weighted by Gasteiger charge is 2.40. The Morgan fingerprint density at radius 2 is 1.71 bits per heavy atom. The van der Waals surface area contributed by atoms with E-state index in [1.807, 2.05) is 30.3 Å². The molecule has 3 aromatic carbocycles. The number of phenolic OH excluding ortho intramolecular Hbond substituents is 1. The fraction of sp³-hybridized carbons (Fsp3) is 0.185. The van der Waals surface area contributed by atoms with Crippen LogP contribution in [0.25, 0.3) is 0 Å². The maximum atomic E-state index is 13.3. The second-order valence-corrected chi connectivity index (χ2v) is 9.84. The standard InChI is InChI=1S/C27H21F3N4O3S/c28-27(29,30)18-11-5-6-12-19(18)31-24(36)15-23-25(37)32-26(38-23)34-21(17-10-4-7-13-22(17)35)14-20(33-34)16-8-2-1-3-9-16/h1-13,21,23,35H,14-15H2,(H,31,36). The summed E-state index contributed by atoms with van der Waals surface area (Å²) in [6.45, 7) is 0. The van der Waals surface area contributed by atoms with Gasteiger partial charge >= 0.3 is 6.18 Å². The summed E-state index contributed by atoms with van der Waals surface area (Å²) in [4.78, 5) is 29.5. The minimum atomic E-state index is -4.64. The van der Waals surface area contributed by atoms with Gasteiger partial charge in [0.05, 0.1) is 23.0 Å². The van der Waals surface area contributed by atoms with Crippen molar-refractivity contribution in [1.29, 1.82) is 0 Å². The fourth-order valence-corrected chi connectivity index (χ4v) is 5.38. The highest BCUT2D eigenvalue weighted by atomic mass is 32.2. The molecule has 7 nitrogen and oxygen atoms in total. The van der Waals surface area contributed by atoms with Crippen molar-refractivity contribution in [2.24, 2.45) is 10.1 Å². The number of para-hydroxylation sites is 2. The van der Waals surface area contributed by atoms with Crippen molar-refractivity contribution in [2.45, 2.75) is 30.3 Å². The maximum Gasteiger partial charge on any atom is 0.418 e. The number of anilines is 1. The highest BCUT2D eigenvalue weighted by Crippen LogP contribution is 2.41. The lowest BCUT2D eigenvalue weighted by Crippen LogP contribution is -2.25. The van der Waals surface area contributed by atoms with Gasteiger partial charge in [-0.1, -0.05) is 72.4 Å². The molecule has 0 saturated carbocycles. The fourth-order valence-electron chi connectivity index (χ4n) is 4.32. The van der Waals surface area contributed by atoms with Crippen molar-refractivity contribution in [2.75, 3.05) is 5.32 Å². The molecule has 2 atom stereocenters. The zero-order valence-electron chi connectivity index (χ0n) is 19.7. The Morgan fingerprint density at radius 1 is 1.03 bits per heavy atom. The summed E-state index contributed by atoms with van der Waals surface area (Å²) < 4.78 is 39.9. The van der Waals surface area contributed by atoms with E-state index in [0.717, 1.165) is 35.2 Å². The number of thioether (sulfide) groups is 1. The number of phenols is 1. The number of hydrogen-bond acceptors (Lipinski definition) is 6. The van der Waals surface area contributed by atoms with Crippen LogP contribution in [0.15, 0.2) is 89.0 Å². The number of carbonyl (C=O) groups excluding carboxylic acids is 2. The van der Waals surface area contributed by atoms with Gasteiger partial charge in [0.1, 0.15) is 11.0 Å². The monoisotopic (exact) mass is 538 g/mol. The van der Waals surface area contributed by atoms with Gasteiger partial charge in [-0.15, -0.1) is 0 Å². The Bertz CT molecular complexity index is 1440. The molecular formula is C27H21F3N4O3S. The second-order valence-electron chi connectivity index (χ2n) is 8.67. The number of halogens is 3. The van der Waals surface area contributed by atoms with Crippen LogP contribution in [-0.4, -0.2) is 38.1 Å². The largest absolute Gasteiger partial charge is 0.508 e. The molecule has 2 heterocycles. The van der Waals surface area contributed by atoms with Crippen molar-refractivity contribution in [3.8, 4) is 5.75 Å². The number of alkyl halides is 3. The molecule has 194 valence electrons. The van der Waals surface area contributed by atoms with E-state index in [2.05, 4.69) is 10.3 Å². The smallest absolute Gasteiger partial charge is 0.418 e. The van der Waals surface area contributed by atoms with Crippen LogP contribution in [0, 0.1) is 0 Å². The van der Waals surface area contributed by atoms with E-state index in [-0.39, 0.29) is 23.0 Å². The van der Waals surface area contributed by atoms with Gasteiger partial charge in [0, 0.05) is 18.4 Å². The Labute approximate surface area is 220 Å². The predicted molar refractivity (Wildman–Crippen MR) is 139 cm³/mol. The lowest BCUT2D eigenvalue weighted by atomic mass is 9.98. The van der Waals surface area contributed by atoms with Gasteiger partial charge in [0.2, 0.25) is 5.91 Å². The van der Waals surface area contributed by atoms with E-state index in [4.69, 9.17) is 5.10 Å². The number of amides is 2. The molecule has 0 aliphatic carbocycles. The Kier molecular flexibility index (Phi) is 6.94. The minimum absolute atomic E-state index is 0.0705. The van der Waals surface area contributed by atoms with Crippen LogP contribution < -0.4 is 5.32 Å². The van der Waals surface area contributed by atoms with Gasteiger partial charge in [-0.2, -0.15) is 23.3 Å². The van der Waals surface area contributed by atoms with Crippen molar-refractivity contribution in [1.82, 2.24) is 5.01 Å². The topological polar surface area (TPSA) is 94.4 Å². The number of benzene rings is 3. The number of amidine groups is 1. The molecule has 2 N–H and O–H groups in total. The van der Waals surface area contributed by atoms with Crippen LogP contribution in [0.3, 0.4) is 0 Å². The van der Waals surface area contributed by atoms with Gasteiger partial charge in [-0.05, 0) is 23.8 Å². The number of hydrazone groups is 1. The Balaban J connectivity index is 1.35. The molecule has 11 heteroatoms. The first-order chi connectivity index (χ1) is 18.2. The van der Waals surface area contributed by atoms with Gasteiger partial charge in [-0.3, -0.25) is 9.59 Å². The van der Waals surface area contributed by atoms with Gasteiger partial charge in [-0.25, -0.2) is 5.01 Å². The molecule has 5 rings (SSSR count). The van der Waals surface area contributed by atoms with Crippen LogP contribution in [-0.2, 0) is 15.8 Å². The summed E-state index contributed by atoms with van der Waals surface area (Å²) >= 11 is 1.02. The number of rotatable bonds is 5. The third kappa shape index (κ3) is 5.28. The van der Waals surface area contributed by atoms with Crippen LogP contribution in [0.5, 0.6) is 5.75 Å². The molecule has 0 fully saturated rings. The molecule has 0 radical (unpaired) electrons. The Hall–Kier alpha value is -4.12. The quantitative estimate of drug-likeness (QED) is 0.442. The summed E-state index contributed by atoms with van der Waals surface area (Å²) in [5, 5.41) is 18.4. The van der Waals surface area contributed by atoms with E-state index in [0.29, 0.717) is 12.0 Å². The summed E-state index contributed by atoms with van der Waals surface area (Å²) in [6, 6.07) is 20.5. The number of carbonyl (C=O) groups is 2. The van der Waals surface area contributed by atoms with Crippen LogP contribution in [0.1, 0.15) is 35.6 Å². The number of aliphatic imine (C=N–C) groups is 1. The molecular weight excluding hydrogens is 517 g/mol. The molecule has 2 aliphatic rings. The molecule has 2 aliphatic heterocycles. The predicted octanol–water partition coefficient (Wildman–Crippen LogP) is 5.59. The van der Waals surface area contributed by atoms with Gasteiger partial charge in [0.25, 0.3) is 5.91 Å². The van der Waals surface area contributed by atoms with Crippen molar-refractivity contribution >= 4 is 40.1 Å². The zero-order valence-corrected chi connectivity index (χ0v) is 20.5. The molecule has 0 saturated heterocycles. The third-order valence-electron chi connectivity index (χ3n) is 6.12.